The summed E-state index contributed by atoms with van der Waals surface area (Å²) in [4.78, 5) is 14.1. The van der Waals surface area contributed by atoms with Gasteiger partial charge < -0.3 is 0 Å². The number of amides is 1. The van der Waals surface area contributed by atoms with E-state index in [1.165, 1.54) is 0 Å². The Kier molecular flexibility index (Phi) is 5.16. The maximum atomic E-state index is 14.1. The molecule has 0 fully saturated rings. The zero-order valence-electron chi connectivity index (χ0n) is 17.9. The first-order valence-electron chi connectivity index (χ1n) is 10.8. The smallest absolute Gasteiger partial charge is 0.257 e. The molecule has 3 heteroatoms. The van der Waals surface area contributed by atoms with Crippen molar-refractivity contribution in [2.75, 3.05) is 5.01 Å². The van der Waals surface area contributed by atoms with Crippen LogP contribution < -0.4 is 5.01 Å². The Bertz CT molecular complexity index is 1140. The van der Waals surface area contributed by atoms with Gasteiger partial charge in [-0.2, -0.15) is 5.10 Å². The van der Waals surface area contributed by atoms with Crippen LogP contribution in [0.5, 0.6) is 0 Å². The van der Waals surface area contributed by atoms with Crippen molar-refractivity contribution in [3.8, 4) is 0 Å². The van der Waals surface area contributed by atoms with E-state index in [1.807, 2.05) is 91.9 Å². The second-order valence-electron chi connectivity index (χ2n) is 8.07. The molecule has 0 aromatic heterocycles. The van der Waals surface area contributed by atoms with Crippen LogP contribution in [0.2, 0.25) is 0 Å². The molecule has 1 atom stereocenters. The van der Waals surface area contributed by atoms with Gasteiger partial charge in [-0.25, -0.2) is 5.01 Å². The largest absolute Gasteiger partial charge is 0.272 e. The predicted octanol–water partition coefficient (Wildman–Crippen LogP) is 6.06. The average Bonchev–Trinajstić information content (AvgIpc) is 3.17. The SMILES string of the molecule is CC1=NN(c2ccccc2)C(=O)[C@@H]1C(c1ccccc1)(c1ccccc1)c1ccccc1. The number of anilines is 1. The number of carbonyl (C=O) groups is 1. The van der Waals surface area contributed by atoms with Gasteiger partial charge in [0.15, 0.2) is 0 Å². The van der Waals surface area contributed by atoms with Crippen molar-refractivity contribution in [1.82, 2.24) is 0 Å². The lowest BCUT2D eigenvalue weighted by Crippen LogP contribution is -2.46. The van der Waals surface area contributed by atoms with Crippen molar-refractivity contribution in [1.29, 1.82) is 0 Å². The number of carbonyl (C=O) groups excluding carboxylic acids is 1. The van der Waals surface area contributed by atoms with Crippen LogP contribution in [-0.2, 0) is 10.2 Å². The molecule has 0 saturated heterocycles. The Morgan fingerprint density at radius 1 is 0.625 bits per heavy atom. The lowest BCUT2D eigenvalue weighted by molar-refractivity contribution is -0.120. The average molecular weight is 417 g/mol. The van der Waals surface area contributed by atoms with Gasteiger partial charge in [0.1, 0.15) is 0 Å². The van der Waals surface area contributed by atoms with Gasteiger partial charge in [0, 0.05) is 0 Å². The van der Waals surface area contributed by atoms with Crippen LogP contribution in [0.15, 0.2) is 126 Å². The molecule has 0 spiro atoms. The topological polar surface area (TPSA) is 32.7 Å². The first kappa shape index (κ1) is 20.0. The summed E-state index contributed by atoms with van der Waals surface area (Å²) in [6.07, 6.45) is 0. The number of nitrogens with zero attached hydrogens (tertiary/aromatic N) is 2. The summed E-state index contributed by atoms with van der Waals surface area (Å²) in [5.74, 6) is -0.500. The van der Waals surface area contributed by atoms with E-state index in [9.17, 15) is 4.79 Å². The van der Waals surface area contributed by atoms with Gasteiger partial charge in [-0.1, -0.05) is 109 Å². The van der Waals surface area contributed by atoms with Crippen molar-refractivity contribution in [2.45, 2.75) is 12.3 Å². The van der Waals surface area contributed by atoms with Crippen molar-refractivity contribution < 1.29 is 4.79 Å². The van der Waals surface area contributed by atoms with E-state index >= 15 is 0 Å². The molecule has 1 aliphatic rings. The van der Waals surface area contributed by atoms with Gasteiger partial charge >= 0.3 is 0 Å². The molecule has 0 radical (unpaired) electrons. The fraction of sp³-hybridized carbons (Fsp3) is 0.103. The summed E-state index contributed by atoms with van der Waals surface area (Å²) in [5, 5.41) is 6.32. The molecule has 5 rings (SSSR count). The highest BCUT2D eigenvalue weighted by molar-refractivity contribution is 6.16. The highest BCUT2D eigenvalue weighted by atomic mass is 16.2. The first-order valence-corrected chi connectivity index (χ1v) is 10.8. The first-order chi connectivity index (χ1) is 15.7. The van der Waals surface area contributed by atoms with Crippen LogP contribution in [0.3, 0.4) is 0 Å². The maximum Gasteiger partial charge on any atom is 0.257 e. The molecule has 0 bridgehead atoms. The molecule has 3 nitrogen and oxygen atoms in total. The van der Waals surface area contributed by atoms with Crippen LogP contribution in [0.4, 0.5) is 5.69 Å². The van der Waals surface area contributed by atoms with Gasteiger partial charge in [-0.3, -0.25) is 4.79 Å². The molecule has 1 aliphatic heterocycles. The van der Waals surface area contributed by atoms with Gasteiger partial charge in [0.2, 0.25) is 0 Å². The standard InChI is InChI=1S/C29H24N2O/c1-22-27(28(32)31(30-22)26-20-12-5-13-21-26)29(23-14-6-2-7-15-23,24-16-8-3-9-17-24)25-18-10-4-11-19-25/h2-21,27H,1H3/t27-/m1/s1. The third-order valence-electron chi connectivity index (χ3n) is 6.25. The van der Waals surface area contributed by atoms with E-state index in [2.05, 4.69) is 36.4 Å². The number of para-hydroxylation sites is 1. The molecule has 1 amide bonds. The molecule has 32 heavy (non-hydrogen) atoms. The number of hydrazone groups is 1. The highest BCUT2D eigenvalue weighted by Gasteiger charge is 2.52. The zero-order valence-corrected chi connectivity index (χ0v) is 17.9. The lowest BCUT2D eigenvalue weighted by Gasteiger charge is -2.40. The quantitative estimate of drug-likeness (QED) is 0.364. The summed E-state index contributed by atoms with van der Waals surface area (Å²) in [6.45, 7) is 1.97. The van der Waals surface area contributed by atoms with Gasteiger partial charge in [-0.05, 0) is 35.7 Å². The molecular formula is C29H24N2O. The molecule has 0 N–H and O–H groups in total. The van der Waals surface area contributed by atoms with Gasteiger partial charge in [-0.15, -0.1) is 0 Å². The van der Waals surface area contributed by atoms with Crippen molar-refractivity contribution >= 4 is 17.3 Å². The fourth-order valence-electron chi connectivity index (χ4n) is 4.92. The van der Waals surface area contributed by atoms with E-state index in [1.54, 1.807) is 5.01 Å². The third kappa shape index (κ3) is 3.14. The summed E-state index contributed by atoms with van der Waals surface area (Å²) in [6, 6.07) is 40.6. The van der Waals surface area contributed by atoms with Crippen molar-refractivity contribution in [2.24, 2.45) is 11.0 Å². The summed E-state index contributed by atoms with van der Waals surface area (Å²) < 4.78 is 0. The Morgan fingerprint density at radius 3 is 1.41 bits per heavy atom. The molecule has 0 saturated carbocycles. The van der Waals surface area contributed by atoms with Crippen LogP contribution in [-0.4, -0.2) is 11.6 Å². The number of rotatable bonds is 5. The molecule has 1 heterocycles. The molecule has 156 valence electrons. The normalized spacial score (nSPS) is 16.2. The maximum absolute atomic E-state index is 14.1. The van der Waals surface area contributed by atoms with Crippen LogP contribution in [0.1, 0.15) is 23.6 Å². The van der Waals surface area contributed by atoms with Gasteiger partial charge in [0.25, 0.3) is 5.91 Å². The second-order valence-corrected chi connectivity index (χ2v) is 8.07. The van der Waals surface area contributed by atoms with Crippen molar-refractivity contribution in [3.05, 3.63) is 138 Å². The Balaban J connectivity index is 1.80. The highest BCUT2D eigenvalue weighted by Crippen LogP contribution is 2.48. The fourth-order valence-corrected chi connectivity index (χ4v) is 4.92. The molecule has 4 aromatic rings. The number of hydrogen-bond donors (Lipinski definition) is 0. The van der Waals surface area contributed by atoms with Crippen LogP contribution in [0, 0.1) is 5.92 Å². The van der Waals surface area contributed by atoms with Crippen LogP contribution >= 0.6 is 0 Å². The number of hydrogen-bond acceptors (Lipinski definition) is 2. The Labute approximate surface area is 188 Å². The molecular weight excluding hydrogens is 392 g/mol. The van der Waals surface area contributed by atoms with E-state index in [-0.39, 0.29) is 5.91 Å². The Morgan fingerprint density at radius 2 is 1.00 bits per heavy atom. The van der Waals surface area contributed by atoms with E-state index in [0.717, 1.165) is 28.1 Å². The summed E-state index contributed by atoms with van der Waals surface area (Å²) >= 11 is 0. The molecule has 0 aliphatic carbocycles. The van der Waals surface area contributed by atoms with Crippen LogP contribution in [0.25, 0.3) is 0 Å². The summed E-state index contributed by atoms with van der Waals surface area (Å²) in [5.41, 5.74) is 4.08. The minimum atomic E-state index is -0.710. The monoisotopic (exact) mass is 416 g/mol. The summed E-state index contributed by atoms with van der Waals surface area (Å²) in [7, 11) is 0. The van der Waals surface area contributed by atoms with E-state index in [4.69, 9.17) is 5.10 Å². The Hall–Kier alpha value is -3.98. The lowest BCUT2D eigenvalue weighted by atomic mass is 9.60. The minimum Gasteiger partial charge on any atom is -0.272 e. The number of benzene rings is 4. The molecule has 0 unspecified atom stereocenters. The van der Waals surface area contributed by atoms with Crippen molar-refractivity contribution in [3.63, 3.8) is 0 Å². The van der Waals surface area contributed by atoms with E-state index < -0.39 is 11.3 Å². The van der Waals surface area contributed by atoms with Gasteiger partial charge in [0.05, 0.1) is 22.7 Å². The minimum absolute atomic E-state index is 0.0229. The molecule has 4 aromatic carbocycles. The predicted molar refractivity (Wildman–Crippen MR) is 130 cm³/mol. The third-order valence-corrected chi connectivity index (χ3v) is 6.25. The zero-order chi connectivity index (χ0) is 22.0. The second kappa shape index (κ2) is 8.27. The van der Waals surface area contributed by atoms with E-state index in [0.29, 0.717) is 0 Å².